The van der Waals surface area contributed by atoms with Gasteiger partial charge in [0.15, 0.2) is 11.5 Å². The first-order valence-corrected chi connectivity index (χ1v) is 13.9. The van der Waals surface area contributed by atoms with Crippen molar-refractivity contribution in [2.24, 2.45) is 5.92 Å². The molecule has 0 spiro atoms. The summed E-state index contributed by atoms with van der Waals surface area (Å²) in [5.74, 6) is 2.21. The summed E-state index contributed by atoms with van der Waals surface area (Å²) in [4.78, 5) is 15.7. The minimum Gasteiger partial charge on any atom is -0.507 e. The molecular weight excluding hydrogens is 542 g/mol. The molecule has 0 aliphatic carbocycles. The third-order valence-corrected chi connectivity index (χ3v) is 7.68. The van der Waals surface area contributed by atoms with Crippen LogP contribution >= 0.6 is 11.6 Å². The van der Waals surface area contributed by atoms with Crippen LogP contribution in [-0.2, 0) is 6.42 Å². The minimum atomic E-state index is -0.489. The number of halogens is 1. The Morgan fingerprint density at radius 2 is 1.80 bits per heavy atom. The smallest absolute Gasteiger partial charge is 0.273 e. The topological polar surface area (TPSA) is 96.9 Å². The maximum atomic E-state index is 13.8. The highest BCUT2D eigenvalue weighted by Crippen LogP contribution is 2.46. The summed E-state index contributed by atoms with van der Waals surface area (Å²) in [6.45, 7) is 6.99. The number of aromatic hydroxyl groups is 1. The zero-order valence-electron chi connectivity index (χ0n) is 23.8. The van der Waals surface area contributed by atoms with Crippen LogP contribution in [-0.4, -0.2) is 53.5 Å². The average molecular weight is 576 g/mol. The molecule has 1 aromatic heterocycles. The van der Waals surface area contributed by atoms with Gasteiger partial charge in [-0.05, 0) is 72.4 Å². The number of nitrogens with one attached hydrogen (secondary N) is 1. The van der Waals surface area contributed by atoms with Gasteiger partial charge >= 0.3 is 0 Å². The fourth-order valence-corrected chi connectivity index (χ4v) is 5.27. The van der Waals surface area contributed by atoms with Gasteiger partial charge in [-0.15, -0.1) is 0 Å². The number of phenolic OH excluding ortho intramolecular Hbond substituents is 1. The largest absolute Gasteiger partial charge is 0.507 e. The van der Waals surface area contributed by atoms with E-state index in [1.807, 2.05) is 54.3 Å². The van der Waals surface area contributed by atoms with E-state index in [2.05, 4.69) is 24.0 Å². The third kappa shape index (κ3) is 5.57. The number of fused-ring (bicyclic) bond motifs is 1. The molecule has 2 heterocycles. The van der Waals surface area contributed by atoms with E-state index in [1.165, 1.54) is 0 Å². The van der Waals surface area contributed by atoms with Crippen molar-refractivity contribution in [3.05, 3.63) is 87.6 Å². The average Bonchev–Trinajstić information content (AvgIpc) is 3.51. The van der Waals surface area contributed by atoms with E-state index in [-0.39, 0.29) is 11.7 Å². The summed E-state index contributed by atoms with van der Waals surface area (Å²) in [5.41, 5.74) is 4.65. The number of carbonyl (C=O) groups is 1. The van der Waals surface area contributed by atoms with Gasteiger partial charge in [-0.2, -0.15) is 5.10 Å². The van der Waals surface area contributed by atoms with Crippen LogP contribution in [0.3, 0.4) is 0 Å². The van der Waals surface area contributed by atoms with Crippen LogP contribution in [0.25, 0.3) is 11.3 Å². The van der Waals surface area contributed by atoms with Gasteiger partial charge in [0.2, 0.25) is 0 Å². The van der Waals surface area contributed by atoms with Crippen LogP contribution in [0.4, 0.5) is 0 Å². The molecule has 41 heavy (non-hydrogen) atoms. The number of hydrogen-bond acceptors (Lipinski definition) is 6. The maximum absolute atomic E-state index is 13.8. The van der Waals surface area contributed by atoms with Gasteiger partial charge in [-0.1, -0.05) is 43.6 Å². The van der Waals surface area contributed by atoms with Gasteiger partial charge in [0, 0.05) is 22.7 Å². The Morgan fingerprint density at radius 1 is 1.05 bits per heavy atom. The lowest BCUT2D eigenvalue weighted by atomic mass is 9.94. The molecule has 2 N–H and O–H groups in total. The van der Waals surface area contributed by atoms with E-state index in [4.69, 9.17) is 25.8 Å². The fraction of sp³-hybridized carbons (Fsp3) is 0.312. The maximum Gasteiger partial charge on any atom is 0.273 e. The first-order valence-electron chi connectivity index (χ1n) is 13.5. The molecule has 1 aliphatic heterocycles. The van der Waals surface area contributed by atoms with Gasteiger partial charge < -0.3 is 24.2 Å². The number of amides is 1. The number of methoxy groups -OCH3 is 2. The third-order valence-electron chi connectivity index (χ3n) is 7.27. The van der Waals surface area contributed by atoms with Crippen molar-refractivity contribution in [2.45, 2.75) is 33.2 Å². The lowest BCUT2D eigenvalue weighted by Crippen LogP contribution is -2.31. The summed E-state index contributed by atoms with van der Waals surface area (Å²) in [5, 5.41) is 18.8. The van der Waals surface area contributed by atoms with Crippen LogP contribution in [0.15, 0.2) is 54.6 Å². The molecule has 1 atom stereocenters. The quantitative estimate of drug-likeness (QED) is 0.222. The summed E-state index contributed by atoms with van der Waals surface area (Å²) in [6.07, 6.45) is 0.633. The van der Waals surface area contributed by atoms with E-state index in [9.17, 15) is 9.90 Å². The molecule has 1 unspecified atom stereocenters. The number of aromatic nitrogens is 2. The lowest BCUT2D eigenvalue weighted by Gasteiger charge is -2.27. The molecule has 4 aromatic rings. The van der Waals surface area contributed by atoms with Crippen molar-refractivity contribution in [1.82, 2.24) is 15.1 Å². The molecule has 5 rings (SSSR count). The van der Waals surface area contributed by atoms with Crippen LogP contribution in [0.1, 0.15) is 52.6 Å². The number of phenols is 1. The Morgan fingerprint density at radius 3 is 2.49 bits per heavy atom. The Bertz CT molecular complexity index is 1560. The van der Waals surface area contributed by atoms with E-state index in [1.54, 1.807) is 26.4 Å². The molecule has 214 valence electrons. The molecule has 0 radical (unpaired) electrons. The molecular formula is C32H34ClN3O5. The van der Waals surface area contributed by atoms with Gasteiger partial charge in [0.1, 0.15) is 22.9 Å². The number of H-pyrrole nitrogens is 1. The van der Waals surface area contributed by atoms with Crippen molar-refractivity contribution >= 4 is 17.5 Å². The highest BCUT2D eigenvalue weighted by molar-refractivity contribution is 6.31. The number of rotatable bonds is 10. The van der Waals surface area contributed by atoms with Gasteiger partial charge in [-0.3, -0.25) is 9.89 Å². The van der Waals surface area contributed by atoms with E-state index in [0.29, 0.717) is 64.5 Å². The molecule has 8 nitrogen and oxygen atoms in total. The number of benzene rings is 3. The van der Waals surface area contributed by atoms with Crippen molar-refractivity contribution < 1.29 is 24.1 Å². The summed E-state index contributed by atoms with van der Waals surface area (Å²) in [6, 6.07) is 16.4. The van der Waals surface area contributed by atoms with Crippen molar-refractivity contribution in [1.29, 1.82) is 0 Å². The van der Waals surface area contributed by atoms with Gasteiger partial charge in [0.05, 0.1) is 26.9 Å². The molecule has 3 aromatic carbocycles. The number of carbonyl (C=O) groups excluding carboxylic acids is 1. The van der Waals surface area contributed by atoms with Crippen molar-refractivity contribution in [3.63, 3.8) is 0 Å². The summed E-state index contributed by atoms with van der Waals surface area (Å²) >= 11 is 6.45. The standard InChI is InChI=1S/C32H34ClN3O5/c1-18(2)17-41-26-11-8-21(15-27(26)40-5)31-28-29(23-16-24(33)19(3)14-25(23)37)34-35-30(28)32(38)36(31)13-12-20-6-9-22(39-4)10-7-20/h6-11,14-16,18,31,37H,12-13,17H2,1-5H3,(H,34,35). The van der Waals surface area contributed by atoms with E-state index >= 15 is 0 Å². The fourth-order valence-electron chi connectivity index (χ4n) is 5.11. The number of ether oxygens (including phenoxy) is 3. The highest BCUT2D eigenvalue weighted by Gasteiger charge is 2.42. The van der Waals surface area contributed by atoms with E-state index in [0.717, 1.165) is 22.4 Å². The SMILES string of the molecule is COc1ccc(CCN2C(=O)c3[nH]nc(-c4cc(Cl)c(C)cc4O)c3C2c2ccc(OCC(C)C)c(OC)c2)cc1. The normalized spacial score (nSPS) is 14.5. The monoisotopic (exact) mass is 575 g/mol. The zero-order valence-corrected chi connectivity index (χ0v) is 24.6. The van der Waals surface area contributed by atoms with Crippen LogP contribution in [0.2, 0.25) is 5.02 Å². The number of aromatic amines is 1. The van der Waals surface area contributed by atoms with Crippen LogP contribution in [0.5, 0.6) is 23.0 Å². The Balaban J connectivity index is 1.58. The molecule has 1 aliphatic rings. The van der Waals surface area contributed by atoms with Crippen molar-refractivity contribution in [3.8, 4) is 34.3 Å². The van der Waals surface area contributed by atoms with E-state index < -0.39 is 6.04 Å². The summed E-state index contributed by atoms with van der Waals surface area (Å²) in [7, 11) is 3.23. The predicted octanol–water partition coefficient (Wildman–Crippen LogP) is 6.58. The van der Waals surface area contributed by atoms with Gasteiger partial charge in [0.25, 0.3) is 5.91 Å². The van der Waals surface area contributed by atoms with Gasteiger partial charge in [-0.25, -0.2) is 0 Å². The second kappa shape index (κ2) is 11.7. The Kier molecular flexibility index (Phi) is 8.13. The first kappa shape index (κ1) is 28.4. The Labute approximate surface area is 244 Å². The molecule has 9 heteroatoms. The van der Waals surface area contributed by atoms with Crippen LogP contribution < -0.4 is 14.2 Å². The second-order valence-corrected chi connectivity index (χ2v) is 11.0. The summed E-state index contributed by atoms with van der Waals surface area (Å²) < 4.78 is 17.0. The van der Waals surface area contributed by atoms with Crippen molar-refractivity contribution in [2.75, 3.05) is 27.4 Å². The molecule has 0 saturated heterocycles. The number of aryl methyl sites for hydroxylation is 1. The first-order chi connectivity index (χ1) is 19.7. The molecule has 0 saturated carbocycles. The Hall–Kier alpha value is -4.17. The number of nitrogens with zero attached hydrogens (tertiary/aromatic N) is 2. The second-order valence-electron chi connectivity index (χ2n) is 10.6. The predicted molar refractivity (Wildman–Crippen MR) is 158 cm³/mol. The zero-order chi connectivity index (χ0) is 29.3. The molecule has 0 bridgehead atoms. The molecule has 0 fully saturated rings. The lowest BCUT2D eigenvalue weighted by molar-refractivity contribution is 0.0745. The molecule has 1 amide bonds. The minimum absolute atomic E-state index is 0.0408. The number of hydrogen-bond donors (Lipinski definition) is 2. The highest BCUT2D eigenvalue weighted by atomic mass is 35.5. The van der Waals surface area contributed by atoms with Crippen LogP contribution in [0, 0.1) is 12.8 Å².